The van der Waals surface area contributed by atoms with Crippen molar-refractivity contribution in [2.24, 2.45) is 5.92 Å². The summed E-state index contributed by atoms with van der Waals surface area (Å²) in [4.78, 5) is 10.1. The number of carbonyl (C=O) groups excluding carboxylic acids is 1. The van der Waals surface area contributed by atoms with Crippen LogP contribution in [0.5, 0.6) is 0 Å². The molecule has 1 fully saturated rings. The van der Waals surface area contributed by atoms with E-state index in [1.54, 1.807) is 0 Å². The van der Waals surface area contributed by atoms with Crippen LogP contribution in [0.4, 0.5) is 0 Å². The van der Waals surface area contributed by atoms with E-state index < -0.39 is 0 Å². The molecule has 1 nitrogen and oxygen atoms in total. The van der Waals surface area contributed by atoms with Gasteiger partial charge in [-0.25, -0.2) is 0 Å². The van der Waals surface area contributed by atoms with E-state index in [1.165, 1.54) is 57.8 Å². The van der Waals surface area contributed by atoms with Gasteiger partial charge in [0.1, 0.15) is 6.29 Å². The van der Waals surface area contributed by atoms with Crippen LogP contribution in [0.15, 0.2) is 0 Å². The summed E-state index contributed by atoms with van der Waals surface area (Å²) in [7, 11) is 0. The molecule has 0 heterocycles. The molecule has 1 aliphatic carbocycles. The van der Waals surface area contributed by atoms with Gasteiger partial charge in [-0.1, -0.05) is 57.8 Å². The quantitative estimate of drug-likeness (QED) is 0.442. The Labute approximate surface area is 88.3 Å². The molecule has 0 aliphatic heterocycles. The molecule has 14 heavy (non-hydrogen) atoms. The van der Waals surface area contributed by atoms with Gasteiger partial charge in [0.15, 0.2) is 0 Å². The van der Waals surface area contributed by atoms with E-state index in [4.69, 9.17) is 0 Å². The maximum absolute atomic E-state index is 10.1. The fourth-order valence-corrected chi connectivity index (χ4v) is 2.49. The van der Waals surface area contributed by atoms with Gasteiger partial charge in [-0.05, 0) is 12.3 Å². The minimum absolute atomic E-state index is 0.767. The molecular formula is C13H24O. The zero-order chi connectivity index (χ0) is 10.1. The number of aldehydes is 1. The first-order chi connectivity index (χ1) is 6.93. The summed E-state index contributed by atoms with van der Waals surface area (Å²) in [5.74, 6) is 1.04. The molecule has 1 heteroatoms. The van der Waals surface area contributed by atoms with Gasteiger partial charge in [-0.3, -0.25) is 0 Å². The maximum atomic E-state index is 10.1. The molecule has 0 bridgehead atoms. The third-order valence-corrected chi connectivity index (χ3v) is 3.41. The molecule has 0 amide bonds. The van der Waals surface area contributed by atoms with Gasteiger partial charge >= 0.3 is 0 Å². The highest BCUT2D eigenvalue weighted by Gasteiger charge is 2.12. The Kier molecular flexibility index (Phi) is 6.73. The second kappa shape index (κ2) is 8.02. The maximum Gasteiger partial charge on any atom is 0.119 e. The predicted octanol–water partition coefficient (Wildman–Crippen LogP) is 4.11. The molecule has 82 valence electrons. The molecule has 1 aliphatic rings. The molecule has 1 rings (SSSR count). The van der Waals surface area contributed by atoms with Gasteiger partial charge in [0.25, 0.3) is 0 Å². The minimum Gasteiger partial charge on any atom is -0.303 e. The van der Waals surface area contributed by atoms with Gasteiger partial charge in [-0.15, -0.1) is 0 Å². The van der Waals surface area contributed by atoms with Crippen molar-refractivity contribution in [3.05, 3.63) is 0 Å². The normalized spacial score (nSPS) is 18.3. The summed E-state index contributed by atoms with van der Waals surface area (Å²) in [5.41, 5.74) is 0. The lowest BCUT2D eigenvalue weighted by Gasteiger charge is -2.21. The van der Waals surface area contributed by atoms with Gasteiger partial charge in [0, 0.05) is 6.42 Å². The van der Waals surface area contributed by atoms with Crippen molar-refractivity contribution in [2.45, 2.75) is 70.6 Å². The van der Waals surface area contributed by atoms with Crippen LogP contribution in [0.25, 0.3) is 0 Å². The van der Waals surface area contributed by atoms with Crippen molar-refractivity contribution in [1.29, 1.82) is 0 Å². The second-order valence-electron chi connectivity index (χ2n) is 4.66. The molecule has 0 radical (unpaired) electrons. The molecule has 0 aromatic rings. The fourth-order valence-electron chi connectivity index (χ4n) is 2.49. The second-order valence-corrected chi connectivity index (χ2v) is 4.66. The number of hydrogen-bond donors (Lipinski definition) is 0. The summed E-state index contributed by atoms with van der Waals surface area (Å²) >= 11 is 0. The van der Waals surface area contributed by atoms with Crippen LogP contribution in [0.2, 0.25) is 0 Å². The first-order valence-corrected chi connectivity index (χ1v) is 6.37. The molecule has 0 unspecified atom stereocenters. The van der Waals surface area contributed by atoms with Gasteiger partial charge in [-0.2, -0.15) is 0 Å². The van der Waals surface area contributed by atoms with E-state index in [0.29, 0.717) is 0 Å². The smallest absolute Gasteiger partial charge is 0.119 e. The average molecular weight is 196 g/mol. The fraction of sp³-hybridized carbons (Fsp3) is 0.923. The van der Waals surface area contributed by atoms with Crippen LogP contribution in [0.1, 0.15) is 70.6 Å². The first-order valence-electron chi connectivity index (χ1n) is 6.37. The third-order valence-electron chi connectivity index (χ3n) is 3.41. The summed E-state index contributed by atoms with van der Waals surface area (Å²) in [6.07, 6.45) is 15.7. The van der Waals surface area contributed by atoms with Crippen LogP contribution in [-0.4, -0.2) is 6.29 Å². The van der Waals surface area contributed by atoms with Gasteiger partial charge < -0.3 is 4.79 Å². The largest absolute Gasteiger partial charge is 0.303 e. The molecule has 0 spiro atoms. The number of rotatable bonds is 7. The number of unbranched alkanes of at least 4 members (excludes halogenated alkanes) is 4. The Morgan fingerprint density at radius 1 is 0.929 bits per heavy atom. The Hall–Kier alpha value is -0.330. The number of carbonyl (C=O) groups is 1. The highest BCUT2D eigenvalue weighted by molar-refractivity contribution is 5.48. The zero-order valence-electron chi connectivity index (χ0n) is 9.34. The molecular weight excluding hydrogens is 172 g/mol. The Morgan fingerprint density at radius 3 is 2.36 bits per heavy atom. The lowest BCUT2D eigenvalue weighted by Crippen LogP contribution is -2.05. The summed E-state index contributed by atoms with van der Waals surface area (Å²) in [6, 6.07) is 0. The first kappa shape index (κ1) is 11.7. The van der Waals surface area contributed by atoms with Crippen LogP contribution >= 0.6 is 0 Å². The minimum atomic E-state index is 0.767. The van der Waals surface area contributed by atoms with Crippen LogP contribution < -0.4 is 0 Å². The van der Waals surface area contributed by atoms with E-state index in [2.05, 4.69) is 0 Å². The summed E-state index contributed by atoms with van der Waals surface area (Å²) in [5, 5.41) is 0. The third kappa shape index (κ3) is 5.41. The molecule has 0 N–H and O–H groups in total. The molecule has 0 atom stereocenters. The highest BCUT2D eigenvalue weighted by Crippen LogP contribution is 2.27. The van der Waals surface area contributed by atoms with E-state index in [-0.39, 0.29) is 0 Å². The van der Waals surface area contributed by atoms with E-state index in [0.717, 1.165) is 25.0 Å². The van der Waals surface area contributed by atoms with Gasteiger partial charge in [0.2, 0.25) is 0 Å². The van der Waals surface area contributed by atoms with E-state index >= 15 is 0 Å². The summed E-state index contributed by atoms with van der Waals surface area (Å²) in [6.45, 7) is 0. The molecule has 1 saturated carbocycles. The van der Waals surface area contributed by atoms with Crippen LogP contribution in [-0.2, 0) is 4.79 Å². The standard InChI is InChI=1S/C13H24O/c14-12-8-3-1-2-5-9-13-10-6-4-7-11-13/h12-13H,1-11H2. The lowest BCUT2D eigenvalue weighted by molar-refractivity contribution is -0.107. The Morgan fingerprint density at radius 2 is 1.64 bits per heavy atom. The SMILES string of the molecule is O=CCCCCCCC1CCCCC1. The zero-order valence-corrected chi connectivity index (χ0v) is 9.34. The average Bonchev–Trinajstić information content (AvgIpc) is 2.25. The van der Waals surface area contributed by atoms with Crippen molar-refractivity contribution in [2.75, 3.05) is 0 Å². The monoisotopic (exact) mass is 196 g/mol. The van der Waals surface area contributed by atoms with Crippen LogP contribution in [0.3, 0.4) is 0 Å². The van der Waals surface area contributed by atoms with E-state index in [9.17, 15) is 4.79 Å². The number of hydrogen-bond acceptors (Lipinski definition) is 1. The van der Waals surface area contributed by atoms with E-state index in [1.807, 2.05) is 0 Å². The van der Waals surface area contributed by atoms with Crippen molar-refractivity contribution in [3.8, 4) is 0 Å². The van der Waals surface area contributed by atoms with Crippen molar-refractivity contribution < 1.29 is 4.79 Å². The molecule has 0 saturated heterocycles. The van der Waals surface area contributed by atoms with Crippen molar-refractivity contribution >= 4 is 6.29 Å². The molecule has 0 aromatic heterocycles. The van der Waals surface area contributed by atoms with Crippen LogP contribution in [0, 0.1) is 5.92 Å². The Balaban J connectivity index is 1.85. The summed E-state index contributed by atoms with van der Waals surface area (Å²) < 4.78 is 0. The van der Waals surface area contributed by atoms with Crippen molar-refractivity contribution in [1.82, 2.24) is 0 Å². The lowest BCUT2D eigenvalue weighted by atomic mass is 9.85. The van der Waals surface area contributed by atoms with Gasteiger partial charge in [0.05, 0.1) is 0 Å². The Bertz CT molecular complexity index is 136. The molecule has 0 aromatic carbocycles. The van der Waals surface area contributed by atoms with Crippen molar-refractivity contribution in [3.63, 3.8) is 0 Å². The topological polar surface area (TPSA) is 17.1 Å². The predicted molar refractivity (Wildman–Crippen MR) is 60.3 cm³/mol. The highest BCUT2D eigenvalue weighted by atomic mass is 16.1.